The lowest BCUT2D eigenvalue weighted by Crippen LogP contribution is -2.32. The normalized spacial score (nSPS) is 11.9. The van der Waals surface area contributed by atoms with E-state index in [0.717, 1.165) is 16.5 Å². The molecule has 0 bridgehead atoms. The highest BCUT2D eigenvalue weighted by molar-refractivity contribution is 9.10. The number of amides is 1. The number of carboxylic acids is 1. The Morgan fingerprint density at radius 2 is 2.00 bits per heavy atom. The average molecular weight is 356 g/mol. The maximum absolute atomic E-state index is 12.1. The molecule has 0 aliphatic rings. The topological polar surface area (TPSA) is 66.4 Å². The average Bonchev–Trinajstić information content (AvgIpc) is 2.45. The summed E-state index contributed by atoms with van der Waals surface area (Å²) < 4.78 is 1.03. The number of hydrogen-bond donors (Lipinski definition) is 2. The molecular weight excluding hydrogens is 334 g/mol. The van der Waals surface area contributed by atoms with Crippen LogP contribution in [0.2, 0.25) is 0 Å². The van der Waals surface area contributed by atoms with Gasteiger partial charge >= 0.3 is 5.97 Å². The molecule has 0 aromatic heterocycles. The third kappa shape index (κ3) is 6.76. The van der Waals surface area contributed by atoms with E-state index >= 15 is 0 Å². The van der Waals surface area contributed by atoms with Gasteiger partial charge in [-0.3, -0.25) is 9.59 Å². The molecule has 21 heavy (non-hydrogen) atoms. The van der Waals surface area contributed by atoms with Crippen LogP contribution in [0.1, 0.15) is 38.2 Å². The van der Waals surface area contributed by atoms with E-state index in [2.05, 4.69) is 21.2 Å². The van der Waals surface area contributed by atoms with E-state index in [0.29, 0.717) is 25.8 Å². The second-order valence-electron chi connectivity index (χ2n) is 5.04. The second-order valence-corrected chi connectivity index (χ2v) is 5.90. The quantitative estimate of drug-likeness (QED) is 0.667. The number of halogens is 1. The molecule has 1 atom stereocenters. The lowest BCUT2D eigenvalue weighted by atomic mass is 9.96. The zero-order valence-corrected chi connectivity index (χ0v) is 13.9. The van der Waals surface area contributed by atoms with Crippen molar-refractivity contribution in [2.75, 3.05) is 6.54 Å². The van der Waals surface area contributed by atoms with Crippen LogP contribution in [0.3, 0.4) is 0 Å². The molecule has 0 aliphatic carbocycles. The zero-order chi connectivity index (χ0) is 15.7. The predicted octanol–water partition coefficient (Wildman–Crippen LogP) is 3.39. The minimum absolute atomic E-state index is 0.0450. The third-order valence-corrected chi connectivity index (χ3v) is 4.18. The fraction of sp³-hybridized carbons (Fsp3) is 0.500. The van der Waals surface area contributed by atoms with Crippen molar-refractivity contribution in [1.29, 1.82) is 0 Å². The third-order valence-electron chi connectivity index (χ3n) is 3.40. The predicted molar refractivity (Wildman–Crippen MR) is 86.1 cm³/mol. The molecule has 1 aromatic rings. The SMILES string of the molecule is CCC(Cc1ccccc1Br)C(=O)NCCCCC(=O)O. The summed E-state index contributed by atoms with van der Waals surface area (Å²) in [5.41, 5.74) is 1.13. The van der Waals surface area contributed by atoms with E-state index in [1.54, 1.807) is 0 Å². The Morgan fingerprint density at radius 3 is 2.62 bits per heavy atom. The summed E-state index contributed by atoms with van der Waals surface area (Å²) in [7, 11) is 0. The minimum atomic E-state index is -0.790. The number of carbonyl (C=O) groups is 2. The largest absolute Gasteiger partial charge is 0.481 e. The van der Waals surface area contributed by atoms with Gasteiger partial charge in [0.05, 0.1) is 0 Å². The number of unbranched alkanes of at least 4 members (excludes halogenated alkanes) is 1. The fourth-order valence-corrected chi connectivity index (χ4v) is 2.56. The van der Waals surface area contributed by atoms with Crippen molar-refractivity contribution < 1.29 is 14.7 Å². The van der Waals surface area contributed by atoms with Crippen molar-refractivity contribution in [3.8, 4) is 0 Å². The number of carboxylic acid groups (broad SMARTS) is 1. The van der Waals surface area contributed by atoms with Gasteiger partial charge in [-0.05, 0) is 37.3 Å². The first-order valence-electron chi connectivity index (χ1n) is 7.27. The first-order chi connectivity index (χ1) is 10.0. The molecule has 1 amide bonds. The molecular formula is C16H22BrNO3. The van der Waals surface area contributed by atoms with E-state index < -0.39 is 5.97 Å². The van der Waals surface area contributed by atoms with Crippen molar-refractivity contribution >= 4 is 27.8 Å². The molecule has 0 saturated heterocycles. The van der Waals surface area contributed by atoms with Gasteiger partial charge in [0.25, 0.3) is 0 Å². The van der Waals surface area contributed by atoms with Crippen LogP contribution in [0.4, 0.5) is 0 Å². The van der Waals surface area contributed by atoms with Gasteiger partial charge in [-0.25, -0.2) is 0 Å². The molecule has 1 aromatic carbocycles. The van der Waals surface area contributed by atoms with Crippen LogP contribution < -0.4 is 5.32 Å². The summed E-state index contributed by atoms with van der Waals surface area (Å²) in [6.07, 6.45) is 2.94. The first-order valence-corrected chi connectivity index (χ1v) is 8.06. The standard InChI is InChI=1S/C16H22BrNO3/c1-2-12(11-13-7-3-4-8-14(13)17)16(21)18-10-6-5-9-15(19)20/h3-4,7-8,12H,2,5-6,9-11H2,1H3,(H,18,21)(H,19,20). The van der Waals surface area contributed by atoms with Crippen LogP contribution in [-0.4, -0.2) is 23.5 Å². The van der Waals surface area contributed by atoms with Gasteiger partial charge < -0.3 is 10.4 Å². The Kier molecular flexibility index (Phi) is 8.05. The number of benzene rings is 1. The number of rotatable bonds is 9. The van der Waals surface area contributed by atoms with Gasteiger partial charge in [-0.15, -0.1) is 0 Å². The Morgan fingerprint density at radius 1 is 1.29 bits per heavy atom. The first kappa shape index (κ1) is 17.7. The minimum Gasteiger partial charge on any atom is -0.481 e. The van der Waals surface area contributed by atoms with Crippen molar-refractivity contribution in [2.45, 2.75) is 39.0 Å². The van der Waals surface area contributed by atoms with Gasteiger partial charge in [0, 0.05) is 23.4 Å². The molecule has 0 radical (unpaired) electrons. The molecule has 2 N–H and O–H groups in total. The number of aliphatic carboxylic acids is 1. The van der Waals surface area contributed by atoms with Gasteiger partial charge in [0.15, 0.2) is 0 Å². The smallest absolute Gasteiger partial charge is 0.303 e. The highest BCUT2D eigenvalue weighted by atomic mass is 79.9. The van der Waals surface area contributed by atoms with Crippen LogP contribution >= 0.6 is 15.9 Å². The maximum atomic E-state index is 12.1. The van der Waals surface area contributed by atoms with Gasteiger partial charge in [0.2, 0.25) is 5.91 Å². The molecule has 4 nitrogen and oxygen atoms in total. The lowest BCUT2D eigenvalue weighted by molar-refractivity contribution is -0.137. The summed E-state index contributed by atoms with van der Waals surface area (Å²) in [5, 5.41) is 11.4. The van der Waals surface area contributed by atoms with Gasteiger partial charge in [-0.2, -0.15) is 0 Å². The van der Waals surface area contributed by atoms with E-state index in [1.165, 1.54) is 0 Å². The summed E-state index contributed by atoms with van der Waals surface area (Å²) >= 11 is 3.50. The van der Waals surface area contributed by atoms with Crippen molar-refractivity contribution in [3.05, 3.63) is 34.3 Å². The van der Waals surface area contributed by atoms with Gasteiger partial charge in [0.1, 0.15) is 0 Å². The Labute approximate surface area is 134 Å². The molecule has 1 unspecified atom stereocenters. The number of nitrogens with one attached hydrogen (secondary N) is 1. The molecule has 0 saturated carbocycles. The molecule has 1 rings (SSSR count). The van der Waals surface area contributed by atoms with Crippen molar-refractivity contribution in [1.82, 2.24) is 5.32 Å². The monoisotopic (exact) mass is 355 g/mol. The van der Waals surface area contributed by atoms with E-state index in [4.69, 9.17) is 5.11 Å². The highest BCUT2D eigenvalue weighted by Crippen LogP contribution is 2.21. The second kappa shape index (κ2) is 9.55. The zero-order valence-electron chi connectivity index (χ0n) is 12.3. The molecule has 0 heterocycles. The van der Waals surface area contributed by atoms with E-state index in [1.807, 2.05) is 31.2 Å². The fourth-order valence-electron chi connectivity index (χ4n) is 2.11. The van der Waals surface area contributed by atoms with E-state index in [9.17, 15) is 9.59 Å². The molecule has 116 valence electrons. The van der Waals surface area contributed by atoms with Crippen molar-refractivity contribution in [2.24, 2.45) is 5.92 Å². The van der Waals surface area contributed by atoms with Crippen LogP contribution in [0.5, 0.6) is 0 Å². The summed E-state index contributed by atoms with van der Waals surface area (Å²) in [5.74, 6) is -0.798. The number of hydrogen-bond acceptors (Lipinski definition) is 2. The lowest BCUT2D eigenvalue weighted by Gasteiger charge is -2.16. The van der Waals surface area contributed by atoms with Crippen LogP contribution in [0.15, 0.2) is 28.7 Å². The van der Waals surface area contributed by atoms with Crippen molar-refractivity contribution in [3.63, 3.8) is 0 Å². The molecule has 0 fully saturated rings. The Hall–Kier alpha value is -1.36. The Balaban J connectivity index is 2.39. The molecule has 0 aliphatic heterocycles. The van der Waals surface area contributed by atoms with Crippen LogP contribution in [0.25, 0.3) is 0 Å². The van der Waals surface area contributed by atoms with Crippen LogP contribution in [0, 0.1) is 5.92 Å². The molecule has 0 spiro atoms. The van der Waals surface area contributed by atoms with Crippen LogP contribution in [-0.2, 0) is 16.0 Å². The van der Waals surface area contributed by atoms with E-state index in [-0.39, 0.29) is 18.2 Å². The van der Waals surface area contributed by atoms with Gasteiger partial charge in [-0.1, -0.05) is 41.1 Å². The highest BCUT2D eigenvalue weighted by Gasteiger charge is 2.17. The number of carbonyl (C=O) groups excluding carboxylic acids is 1. The molecule has 5 heteroatoms. The maximum Gasteiger partial charge on any atom is 0.303 e. The summed E-state index contributed by atoms with van der Waals surface area (Å²) in [6.45, 7) is 2.55. The summed E-state index contributed by atoms with van der Waals surface area (Å²) in [6, 6.07) is 7.92. The summed E-state index contributed by atoms with van der Waals surface area (Å²) in [4.78, 5) is 22.5. The Bertz CT molecular complexity index is 476.